The van der Waals surface area contributed by atoms with Gasteiger partial charge in [-0.05, 0) is 31.0 Å². The van der Waals surface area contributed by atoms with Crippen LogP contribution in [-0.2, 0) is 6.54 Å². The van der Waals surface area contributed by atoms with Crippen molar-refractivity contribution in [3.8, 4) is 11.3 Å². The highest BCUT2D eigenvalue weighted by atomic mass is 35.5. The van der Waals surface area contributed by atoms with Gasteiger partial charge >= 0.3 is 0 Å². The molecular weight excluding hydrogens is 282 g/mol. The first-order valence-corrected chi connectivity index (χ1v) is 7.95. The molecule has 114 valence electrons. The van der Waals surface area contributed by atoms with Crippen molar-refractivity contribution in [2.75, 3.05) is 5.73 Å². The Kier molecular flexibility index (Phi) is 4.94. The molecule has 0 aliphatic rings. The van der Waals surface area contributed by atoms with E-state index in [4.69, 9.17) is 22.3 Å². The Balaban J connectivity index is 2.54. The number of rotatable bonds is 5. The highest BCUT2D eigenvalue weighted by Gasteiger charge is 2.19. The molecule has 0 atom stereocenters. The normalized spacial score (nSPS) is 11.3. The third-order valence-corrected chi connectivity index (χ3v) is 3.97. The lowest BCUT2D eigenvalue weighted by atomic mass is 10.1. The summed E-state index contributed by atoms with van der Waals surface area (Å²) in [5, 5.41) is 0.740. The lowest BCUT2D eigenvalue weighted by molar-refractivity contribution is 0.588. The molecule has 0 amide bonds. The fraction of sp³-hybridized carbons (Fsp3) is 0.471. The zero-order chi connectivity index (χ0) is 15.6. The molecule has 1 heterocycles. The number of halogens is 1. The van der Waals surface area contributed by atoms with Gasteiger partial charge in [0.15, 0.2) is 0 Å². The van der Waals surface area contributed by atoms with Crippen molar-refractivity contribution in [3.63, 3.8) is 0 Å². The first kappa shape index (κ1) is 15.9. The van der Waals surface area contributed by atoms with Crippen molar-refractivity contribution in [1.82, 2.24) is 9.55 Å². The van der Waals surface area contributed by atoms with Gasteiger partial charge in [0, 0.05) is 23.0 Å². The van der Waals surface area contributed by atoms with Crippen LogP contribution >= 0.6 is 11.6 Å². The topological polar surface area (TPSA) is 43.8 Å². The maximum atomic E-state index is 6.39. The molecule has 0 saturated heterocycles. The summed E-state index contributed by atoms with van der Waals surface area (Å²) >= 11 is 6.04. The molecular formula is C17H24ClN3. The highest BCUT2D eigenvalue weighted by Crippen LogP contribution is 2.32. The second-order valence-corrected chi connectivity index (χ2v) is 6.26. The zero-order valence-corrected chi connectivity index (χ0v) is 14.0. The number of nitrogen functional groups attached to an aromatic ring is 1. The van der Waals surface area contributed by atoms with Gasteiger partial charge in [0.1, 0.15) is 17.3 Å². The van der Waals surface area contributed by atoms with Gasteiger partial charge < -0.3 is 10.3 Å². The maximum Gasteiger partial charge on any atom is 0.131 e. The maximum absolute atomic E-state index is 6.39. The molecule has 1 aromatic heterocycles. The van der Waals surface area contributed by atoms with E-state index in [0.717, 1.165) is 52.9 Å². The van der Waals surface area contributed by atoms with E-state index in [2.05, 4.69) is 25.3 Å². The summed E-state index contributed by atoms with van der Waals surface area (Å²) in [6.45, 7) is 9.47. The highest BCUT2D eigenvalue weighted by molar-refractivity contribution is 6.30. The van der Waals surface area contributed by atoms with Crippen molar-refractivity contribution in [1.29, 1.82) is 0 Å². The average molecular weight is 306 g/mol. The van der Waals surface area contributed by atoms with Crippen molar-refractivity contribution >= 4 is 17.4 Å². The van der Waals surface area contributed by atoms with Crippen LogP contribution in [0.3, 0.4) is 0 Å². The number of aryl methyl sites for hydroxylation is 1. The predicted molar refractivity (Wildman–Crippen MR) is 90.8 cm³/mol. The predicted octanol–water partition coefficient (Wildman–Crippen LogP) is 5.02. The van der Waals surface area contributed by atoms with Crippen LogP contribution in [0.15, 0.2) is 18.2 Å². The van der Waals surface area contributed by atoms with Crippen LogP contribution in [0.25, 0.3) is 11.3 Å². The molecule has 1 aromatic carbocycles. The number of imidazole rings is 1. The Hall–Kier alpha value is -1.48. The van der Waals surface area contributed by atoms with E-state index in [9.17, 15) is 0 Å². The minimum absolute atomic E-state index is 0.352. The molecule has 3 nitrogen and oxygen atoms in total. The van der Waals surface area contributed by atoms with Crippen LogP contribution in [0, 0.1) is 6.92 Å². The minimum atomic E-state index is 0.352. The Morgan fingerprint density at radius 1 is 1.33 bits per heavy atom. The molecule has 0 spiro atoms. The number of benzene rings is 1. The smallest absolute Gasteiger partial charge is 0.131 e. The van der Waals surface area contributed by atoms with Gasteiger partial charge in [0.2, 0.25) is 0 Å². The first-order chi connectivity index (χ1) is 9.95. The molecule has 2 rings (SSSR count). The zero-order valence-electron chi connectivity index (χ0n) is 13.3. The van der Waals surface area contributed by atoms with Crippen LogP contribution < -0.4 is 5.73 Å². The third kappa shape index (κ3) is 3.24. The van der Waals surface area contributed by atoms with E-state index < -0.39 is 0 Å². The largest absolute Gasteiger partial charge is 0.383 e. The van der Waals surface area contributed by atoms with E-state index in [1.54, 1.807) is 0 Å². The Labute approximate surface area is 132 Å². The Morgan fingerprint density at radius 2 is 2.05 bits per heavy atom. The average Bonchev–Trinajstić information content (AvgIpc) is 2.74. The quantitative estimate of drug-likeness (QED) is 0.843. The van der Waals surface area contributed by atoms with E-state index >= 15 is 0 Å². The third-order valence-electron chi connectivity index (χ3n) is 3.73. The van der Waals surface area contributed by atoms with Crippen LogP contribution in [0.4, 0.5) is 5.82 Å². The van der Waals surface area contributed by atoms with Gasteiger partial charge in [-0.1, -0.05) is 44.9 Å². The number of aromatic nitrogens is 2. The molecule has 4 heteroatoms. The summed E-state index contributed by atoms with van der Waals surface area (Å²) in [6.07, 6.45) is 2.25. The summed E-state index contributed by atoms with van der Waals surface area (Å²) in [5.74, 6) is 2.17. The number of anilines is 1. The van der Waals surface area contributed by atoms with Crippen molar-refractivity contribution in [2.45, 2.75) is 53.0 Å². The van der Waals surface area contributed by atoms with Gasteiger partial charge in [-0.25, -0.2) is 4.98 Å². The number of hydrogen-bond donors (Lipinski definition) is 1. The molecule has 0 fully saturated rings. The van der Waals surface area contributed by atoms with Gasteiger partial charge in [0.05, 0.1) is 0 Å². The van der Waals surface area contributed by atoms with E-state index in [1.165, 1.54) is 0 Å². The summed E-state index contributed by atoms with van der Waals surface area (Å²) in [5.41, 5.74) is 9.43. The second-order valence-electron chi connectivity index (χ2n) is 5.82. The summed E-state index contributed by atoms with van der Waals surface area (Å²) < 4.78 is 2.16. The Bertz CT molecular complexity index is 629. The molecule has 21 heavy (non-hydrogen) atoms. The molecule has 0 bridgehead atoms. The van der Waals surface area contributed by atoms with Crippen LogP contribution in [-0.4, -0.2) is 9.55 Å². The number of hydrogen-bond acceptors (Lipinski definition) is 2. The lowest BCUT2D eigenvalue weighted by Gasteiger charge is -2.11. The van der Waals surface area contributed by atoms with E-state index in [0.29, 0.717) is 5.92 Å². The standard InChI is InChI=1S/C17H24ClN3/c1-5-6-9-21-16(19)15(20-17(21)11(2)3)14-8-7-13(18)10-12(14)4/h7-8,10-11H,5-6,9,19H2,1-4H3. The fourth-order valence-electron chi connectivity index (χ4n) is 2.57. The van der Waals surface area contributed by atoms with E-state index in [1.807, 2.05) is 25.1 Å². The Morgan fingerprint density at radius 3 is 2.62 bits per heavy atom. The number of unbranched alkanes of at least 4 members (excludes halogenated alkanes) is 1. The fourth-order valence-corrected chi connectivity index (χ4v) is 2.79. The summed E-state index contributed by atoms with van der Waals surface area (Å²) in [7, 11) is 0. The molecule has 0 aliphatic heterocycles. The number of nitrogens with zero attached hydrogens (tertiary/aromatic N) is 2. The first-order valence-electron chi connectivity index (χ1n) is 7.58. The van der Waals surface area contributed by atoms with Gasteiger partial charge in [-0.2, -0.15) is 0 Å². The van der Waals surface area contributed by atoms with Gasteiger partial charge in [-0.15, -0.1) is 0 Å². The minimum Gasteiger partial charge on any atom is -0.383 e. The summed E-state index contributed by atoms with van der Waals surface area (Å²) in [6, 6.07) is 5.85. The van der Waals surface area contributed by atoms with Gasteiger partial charge in [-0.3, -0.25) is 0 Å². The number of nitrogens with two attached hydrogens (primary N) is 1. The van der Waals surface area contributed by atoms with Gasteiger partial charge in [0.25, 0.3) is 0 Å². The molecule has 0 unspecified atom stereocenters. The van der Waals surface area contributed by atoms with Crippen LogP contribution in [0.5, 0.6) is 0 Å². The molecule has 2 N–H and O–H groups in total. The second kappa shape index (κ2) is 6.52. The monoisotopic (exact) mass is 305 g/mol. The summed E-state index contributed by atoms with van der Waals surface area (Å²) in [4.78, 5) is 4.82. The molecule has 0 radical (unpaired) electrons. The van der Waals surface area contributed by atoms with Crippen molar-refractivity contribution in [3.05, 3.63) is 34.6 Å². The van der Waals surface area contributed by atoms with Crippen molar-refractivity contribution in [2.24, 2.45) is 0 Å². The SMILES string of the molecule is CCCCn1c(C(C)C)nc(-c2ccc(Cl)cc2C)c1N. The molecule has 0 saturated carbocycles. The van der Waals surface area contributed by atoms with Crippen LogP contribution in [0.2, 0.25) is 5.02 Å². The molecule has 0 aliphatic carbocycles. The van der Waals surface area contributed by atoms with Crippen molar-refractivity contribution < 1.29 is 0 Å². The molecule has 2 aromatic rings. The lowest BCUT2D eigenvalue weighted by Crippen LogP contribution is -2.08. The van der Waals surface area contributed by atoms with E-state index in [-0.39, 0.29) is 0 Å². The van der Waals surface area contributed by atoms with Crippen LogP contribution in [0.1, 0.15) is 50.9 Å².